The zero-order valence-electron chi connectivity index (χ0n) is 7.71. The number of halogens is 3. The molecule has 0 unspecified atom stereocenters. The van der Waals surface area contributed by atoms with Gasteiger partial charge in [0.1, 0.15) is 0 Å². The number of alkyl halides is 3. The van der Waals surface area contributed by atoms with E-state index in [9.17, 15) is 13.6 Å². The second kappa shape index (κ2) is 3.56. The fraction of sp³-hybridized carbons (Fsp3) is 0.300. The maximum atomic E-state index is 12.7. The zero-order valence-corrected chi connectivity index (χ0v) is 9.30. The third-order valence-electron chi connectivity index (χ3n) is 2.34. The molecule has 0 saturated carbocycles. The summed E-state index contributed by atoms with van der Waals surface area (Å²) < 4.78 is 25.4. The Balaban J connectivity index is 2.29. The molecule has 1 aliphatic rings. The van der Waals surface area contributed by atoms with Crippen molar-refractivity contribution < 1.29 is 13.6 Å². The fourth-order valence-corrected chi connectivity index (χ4v) is 2.00. The predicted molar refractivity (Wildman–Crippen MR) is 56.4 cm³/mol. The average molecular weight is 276 g/mol. The topological polar surface area (TPSA) is 20.3 Å². The van der Waals surface area contributed by atoms with E-state index in [0.717, 1.165) is 10.5 Å². The van der Waals surface area contributed by atoms with Crippen LogP contribution in [0.15, 0.2) is 24.3 Å². The molecule has 1 aliphatic heterocycles. The summed E-state index contributed by atoms with van der Waals surface area (Å²) >= 11 is 3.25. The minimum atomic E-state index is -3.18. The lowest BCUT2D eigenvalue weighted by molar-refractivity contribution is -0.152. The molecule has 0 bridgehead atoms. The molecule has 80 valence electrons. The van der Waals surface area contributed by atoms with Crippen LogP contribution < -0.4 is 4.90 Å². The second-order valence-electron chi connectivity index (χ2n) is 3.36. The maximum Gasteiger partial charge on any atom is 0.342 e. The number of β-lactam (4-membered cyclic amide) rings is 1. The number of anilines is 1. The lowest BCUT2D eigenvalue weighted by atomic mass is 10.1. The Hall–Kier alpha value is -0.970. The normalized spacial score (nSPS) is 18.9. The van der Waals surface area contributed by atoms with Crippen LogP contribution >= 0.6 is 15.9 Å². The maximum absolute atomic E-state index is 12.7. The number of nitrogens with zero attached hydrogens (tertiary/aromatic N) is 1. The second-order valence-corrected chi connectivity index (χ2v) is 3.92. The first kappa shape index (κ1) is 10.5. The lowest BCUT2D eigenvalue weighted by Gasteiger charge is -2.38. The summed E-state index contributed by atoms with van der Waals surface area (Å²) in [6, 6.07) is 7.01. The largest absolute Gasteiger partial charge is 0.342 e. The Morgan fingerprint density at radius 3 is 2.60 bits per heavy atom. The van der Waals surface area contributed by atoms with E-state index in [-0.39, 0.29) is 0 Å². The third kappa shape index (κ3) is 1.65. The molecule has 5 heteroatoms. The van der Waals surface area contributed by atoms with E-state index in [1.54, 1.807) is 18.2 Å². The van der Waals surface area contributed by atoms with Crippen molar-refractivity contribution in [1.29, 1.82) is 0 Å². The first-order valence-electron chi connectivity index (χ1n) is 4.40. The van der Waals surface area contributed by atoms with Crippen LogP contribution in [-0.2, 0) is 10.1 Å². The van der Waals surface area contributed by atoms with Crippen LogP contribution in [0.25, 0.3) is 0 Å². The van der Waals surface area contributed by atoms with Crippen LogP contribution in [0.2, 0.25) is 0 Å². The van der Waals surface area contributed by atoms with Crippen molar-refractivity contribution in [3.05, 3.63) is 29.8 Å². The quantitative estimate of drug-likeness (QED) is 0.600. The Labute approximate surface area is 94.0 Å². The molecule has 2 nitrogen and oxygen atoms in total. The molecule has 15 heavy (non-hydrogen) atoms. The van der Waals surface area contributed by atoms with E-state index < -0.39 is 18.4 Å². The van der Waals surface area contributed by atoms with Crippen LogP contribution in [0.4, 0.5) is 14.5 Å². The molecule has 0 radical (unpaired) electrons. The summed E-state index contributed by atoms with van der Waals surface area (Å²) in [6.07, 6.45) is 0. The van der Waals surface area contributed by atoms with Crippen molar-refractivity contribution in [1.82, 2.24) is 0 Å². The Bertz CT molecular complexity index is 408. The number of carbonyl (C=O) groups is 1. The molecule has 1 fully saturated rings. The predicted octanol–water partition coefficient (Wildman–Crippen LogP) is 2.56. The molecule has 0 N–H and O–H groups in total. The highest BCUT2D eigenvalue weighted by Crippen LogP contribution is 2.35. The van der Waals surface area contributed by atoms with Crippen molar-refractivity contribution >= 4 is 27.5 Å². The molecular formula is C10H8BrF2NO. The van der Waals surface area contributed by atoms with Crippen LogP contribution in [0.1, 0.15) is 5.56 Å². The highest BCUT2D eigenvalue weighted by molar-refractivity contribution is 9.08. The van der Waals surface area contributed by atoms with Gasteiger partial charge in [0.2, 0.25) is 0 Å². The summed E-state index contributed by atoms with van der Waals surface area (Å²) in [4.78, 5) is 12.2. The van der Waals surface area contributed by atoms with E-state index >= 15 is 0 Å². The van der Waals surface area contributed by atoms with Crippen LogP contribution in [0, 0.1) is 0 Å². The van der Waals surface area contributed by atoms with Gasteiger partial charge < -0.3 is 4.90 Å². The Kier molecular flexibility index (Phi) is 2.50. The van der Waals surface area contributed by atoms with Gasteiger partial charge >= 0.3 is 5.92 Å². The zero-order chi connectivity index (χ0) is 11.1. The van der Waals surface area contributed by atoms with Crippen LogP contribution in [-0.4, -0.2) is 18.4 Å². The molecule has 1 aromatic rings. The molecular weight excluding hydrogens is 268 g/mol. The molecule has 2 rings (SSSR count). The average Bonchev–Trinajstić information content (AvgIpc) is 2.25. The van der Waals surface area contributed by atoms with E-state index in [0.29, 0.717) is 11.0 Å². The minimum Gasteiger partial charge on any atom is -0.300 e. The molecule has 0 atom stereocenters. The minimum absolute atomic E-state index is 0.518. The first-order valence-corrected chi connectivity index (χ1v) is 5.52. The van der Waals surface area contributed by atoms with Gasteiger partial charge in [-0.1, -0.05) is 34.1 Å². The van der Waals surface area contributed by atoms with Gasteiger partial charge in [-0.15, -0.1) is 0 Å². The standard InChI is InChI=1S/C10H8BrF2NO/c11-5-7-3-1-2-4-8(7)14-6-10(12,13)9(14)15/h1-4H,5-6H2. The molecule has 1 saturated heterocycles. The van der Waals surface area contributed by atoms with Gasteiger partial charge in [-0.25, -0.2) is 0 Å². The summed E-state index contributed by atoms with van der Waals surface area (Å²) in [7, 11) is 0. The van der Waals surface area contributed by atoms with E-state index in [1.165, 1.54) is 0 Å². The number of para-hydroxylation sites is 1. The number of benzene rings is 1. The van der Waals surface area contributed by atoms with Crippen molar-refractivity contribution in [3.8, 4) is 0 Å². The van der Waals surface area contributed by atoms with Gasteiger partial charge in [0.15, 0.2) is 0 Å². The molecule has 1 aromatic carbocycles. The number of hydrogen-bond donors (Lipinski definition) is 0. The number of rotatable bonds is 2. The summed E-state index contributed by atoms with van der Waals surface area (Å²) in [5, 5.41) is 0.540. The molecule has 1 amide bonds. The van der Waals surface area contributed by atoms with Gasteiger partial charge in [-0.2, -0.15) is 8.78 Å². The van der Waals surface area contributed by atoms with E-state index in [2.05, 4.69) is 15.9 Å². The first-order chi connectivity index (χ1) is 7.06. The summed E-state index contributed by atoms with van der Waals surface area (Å²) in [5.41, 5.74) is 1.40. The van der Waals surface area contributed by atoms with Crippen LogP contribution in [0.5, 0.6) is 0 Å². The van der Waals surface area contributed by atoms with E-state index in [4.69, 9.17) is 0 Å². The van der Waals surface area contributed by atoms with E-state index in [1.807, 2.05) is 6.07 Å². The lowest BCUT2D eigenvalue weighted by Crippen LogP contribution is -2.62. The molecule has 0 spiro atoms. The SMILES string of the molecule is O=C1N(c2ccccc2CBr)CC1(F)F. The molecule has 1 heterocycles. The highest BCUT2D eigenvalue weighted by Gasteiger charge is 2.55. The van der Waals surface area contributed by atoms with Crippen molar-refractivity contribution in [3.63, 3.8) is 0 Å². The monoisotopic (exact) mass is 275 g/mol. The van der Waals surface area contributed by atoms with Crippen molar-refractivity contribution in [2.45, 2.75) is 11.3 Å². The van der Waals surface area contributed by atoms with Gasteiger partial charge in [0, 0.05) is 11.0 Å². The van der Waals surface area contributed by atoms with Crippen LogP contribution in [0.3, 0.4) is 0 Å². The molecule has 0 aromatic heterocycles. The van der Waals surface area contributed by atoms with Crippen molar-refractivity contribution in [2.75, 3.05) is 11.4 Å². The number of hydrogen-bond acceptors (Lipinski definition) is 1. The van der Waals surface area contributed by atoms with Gasteiger partial charge in [-0.05, 0) is 11.6 Å². The third-order valence-corrected chi connectivity index (χ3v) is 2.95. The smallest absolute Gasteiger partial charge is 0.300 e. The highest BCUT2D eigenvalue weighted by atomic mass is 79.9. The summed E-state index contributed by atoms with van der Waals surface area (Å²) in [5.74, 6) is -4.30. The Morgan fingerprint density at radius 2 is 2.07 bits per heavy atom. The fourth-order valence-electron chi connectivity index (χ4n) is 1.53. The van der Waals surface area contributed by atoms with Gasteiger partial charge in [-0.3, -0.25) is 4.79 Å². The molecule has 0 aliphatic carbocycles. The number of amides is 1. The van der Waals surface area contributed by atoms with Crippen molar-refractivity contribution in [2.24, 2.45) is 0 Å². The van der Waals surface area contributed by atoms with Gasteiger partial charge in [0.25, 0.3) is 5.91 Å². The summed E-state index contributed by atoms with van der Waals surface area (Å²) in [6.45, 7) is -0.518. The Morgan fingerprint density at radius 1 is 1.40 bits per heavy atom. The van der Waals surface area contributed by atoms with Gasteiger partial charge in [0.05, 0.1) is 6.54 Å². The number of carbonyl (C=O) groups excluding carboxylic acids is 1.